The summed E-state index contributed by atoms with van der Waals surface area (Å²) in [7, 11) is 0. The highest BCUT2D eigenvalue weighted by Gasteiger charge is 2.11. The second-order valence-electron chi connectivity index (χ2n) is 4.27. The predicted octanol–water partition coefficient (Wildman–Crippen LogP) is 1.89. The van der Waals surface area contributed by atoms with Crippen molar-refractivity contribution in [2.75, 3.05) is 11.9 Å². The highest BCUT2D eigenvalue weighted by atomic mass is 16.5. The van der Waals surface area contributed by atoms with Gasteiger partial charge in [-0.05, 0) is 37.6 Å². The summed E-state index contributed by atoms with van der Waals surface area (Å²) in [5.41, 5.74) is 2.63. The molecular weight excluding hydrogens is 256 g/mol. The molecule has 0 radical (unpaired) electrons. The van der Waals surface area contributed by atoms with Gasteiger partial charge in [-0.2, -0.15) is 0 Å². The van der Waals surface area contributed by atoms with Crippen LogP contribution < -0.4 is 5.32 Å². The van der Waals surface area contributed by atoms with Gasteiger partial charge in [-0.3, -0.25) is 4.79 Å². The first kappa shape index (κ1) is 13.8. The Morgan fingerprint density at radius 2 is 2.20 bits per heavy atom. The Morgan fingerprint density at radius 1 is 1.40 bits per heavy atom. The fourth-order valence-corrected chi connectivity index (χ4v) is 1.68. The van der Waals surface area contributed by atoms with Gasteiger partial charge in [-0.15, -0.1) is 0 Å². The summed E-state index contributed by atoms with van der Waals surface area (Å²) >= 11 is 0. The molecule has 0 saturated heterocycles. The van der Waals surface area contributed by atoms with E-state index in [9.17, 15) is 4.79 Å². The SMILES string of the molecule is Cc1cc(C(=O)Nc2ccc(C#CCO)c(C)c2)no1. The van der Waals surface area contributed by atoms with Crippen LogP contribution in [0.5, 0.6) is 0 Å². The van der Waals surface area contributed by atoms with Gasteiger partial charge < -0.3 is 14.9 Å². The van der Waals surface area contributed by atoms with E-state index in [0.717, 1.165) is 11.1 Å². The van der Waals surface area contributed by atoms with Gasteiger partial charge in [0.15, 0.2) is 5.69 Å². The topological polar surface area (TPSA) is 75.4 Å². The second-order valence-corrected chi connectivity index (χ2v) is 4.27. The van der Waals surface area contributed by atoms with E-state index in [0.29, 0.717) is 11.4 Å². The zero-order valence-electron chi connectivity index (χ0n) is 11.2. The first-order chi connectivity index (χ1) is 9.60. The standard InChI is InChI=1S/C15H14N2O3/c1-10-8-13(6-5-12(10)4-3-7-18)16-15(19)14-9-11(2)20-17-14/h5-6,8-9,18H,7H2,1-2H3,(H,16,19). The van der Waals surface area contributed by atoms with E-state index >= 15 is 0 Å². The van der Waals surface area contributed by atoms with Crippen LogP contribution in [-0.2, 0) is 0 Å². The largest absolute Gasteiger partial charge is 0.384 e. The van der Waals surface area contributed by atoms with Crippen LogP contribution in [0, 0.1) is 25.7 Å². The molecule has 1 amide bonds. The molecular formula is C15H14N2O3. The molecule has 0 aliphatic carbocycles. The molecule has 102 valence electrons. The maximum absolute atomic E-state index is 11.9. The summed E-state index contributed by atoms with van der Waals surface area (Å²) in [5.74, 6) is 5.69. The van der Waals surface area contributed by atoms with E-state index in [1.807, 2.05) is 13.0 Å². The number of anilines is 1. The average Bonchev–Trinajstić information content (AvgIpc) is 2.85. The van der Waals surface area contributed by atoms with Crippen molar-refractivity contribution in [1.29, 1.82) is 0 Å². The Bertz CT molecular complexity index is 693. The molecule has 2 aromatic rings. The van der Waals surface area contributed by atoms with Crippen LogP contribution in [-0.4, -0.2) is 22.8 Å². The lowest BCUT2D eigenvalue weighted by molar-refractivity contribution is 0.101. The third kappa shape index (κ3) is 3.25. The molecule has 0 fully saturated rings. The Morgan fingerprint density at radius 3 is 2.80 bits per heavy atom. The minimum atomic E-state index is -0.324. The first-order valence-electron chi connectivity index (χ1n) is 6.05. The van der Waals surface area contributed by atoms with Crippen LogP contribution in [0.25, 0.3) is 0 Å². The van der Waals surface area contributed by atoms with E-state index in [1.165, 1.54) is 0 Å². The van der Waals surface area contributed by atoms with Gasteiger partial charge in [0, 0.05) is 17.3 Å². The number of hydrogen-bond donors (Lipinski definition) is 2. The van der Waals surface area contributed by atoms with Crippen molar-refractivity contribution in [3.8, 4) is 11.8 Å². The number of aliphatic hydroxyl groups excluding tert-OH is 1. The van der Waals surface area contributed by atoms with Gasteiger partial charge in [0.05, 0.1) is 0 Å². The number of aliphatic hydroxyl groups is 1. The van der Waals surface area contributed by atoms with Gasteiger partial charge in [-0.25, -0.2) is 0 Å². The van der Waals surface area contributed by atoms with Crippen LogP contribution >= 0.6 is 0 Å². The molecule has 0 saturated carbocycles. The van der Waals surface area contributed by atoms with E-state index < -0.39 is 0 Å². The van der Waals surface area contributed by atoms with Crippen molar-refractivity contribution in [1.82, 2.24) is 5.16 Å². The van der Waals surface area contributed by atoms with Crippen LogP contribution in [0.2, 0.25) is 0 Å². The van der Waals surface area contributed by atoms with E-state index in [4.69, 9.17) is 9.63 Å². The van der Waals surface area contributed by atoms with Gasteiger partial charge >= 0.3 is 0 Å². The quantitative estimate of drug-likeness (QED) is 0.817. The monoisotopic (exact) mass is 270 g/mol. The smallest absolute Gasteiger partial charge is 0.277 e. The molecule has 0 atom stereocenters. The molecule has 20 heavy (non-hydrogen) atoms. The van der Waals surface area contributed by atoms with Crippen molar-refractivity contribution >= 4 is 11.6 Å². The Labute approximate surface area is 116 Å². The number of carbonyl (C=O) groups excluding carboxylic acids is 1. The van der Waals surface area contributed by atoms with Crippen LogP contribution in [0.1, 0.15) is 27.4 Å². The van der Waals surface area contributed by atoms with Crippen molar-refractivity contribution in [3.63, 3.8) is 0 Å². The number of rotatable bonds is 2. The number of nitrogens with zero attached hydrogens (tertiary/aromatic N) is 1. The molecule has 5 heteroatoms. The highest BCUT2D eigenvalue weighted by Crippen LogP contribution is 2.15. The Balaban J connectivity index is 2.14. The van der Waals surface area contributed by atoms with Gasteiger partial charge in [0.1, 0.15) is 12.4 Å². The van der Waals surface area contributed by atoms with Crippen LogP contribution in [0.15, 0.2) is 28.8 Å². The fraction of sp³-hybridized carbons (Fsp3) is 0.200. The van der Waals surface area contributed by atoms with Crippen molar-refractivity contribution in [2.45, 2.75) is 13.8 Å². The summed E-state index contributed by atoms with van der Waals surface area (Å²) in [6.07, 6.45) is 0. The minimum absolute atomic E-state index is 0.177. The molecule has 2 N–H and O–H groups in total. The second kappa shape index (κ2) is 6.04. The zero-order chi connectivity index (χ0) is 14.5. The molecule has 0 bridgehead atoms. The van der Waals surface area contributed by atoms with Gasteiger partial charge in [-0.1, -0.05) is 17.0 Å². The number of amides is 1. The summed E-state index contributed by atoms with van der Waals surface area (Å²) in [5, 5.41) is 15.1. The molecule has 1 aromatic carbocycles. The minimum Gasteiger partial charge on any atom is -0.384 e. The molecule has 0 aliphatic rings. The van der Waals surface area contributed by atoms with Crippen LogP contribution in [0.4, 0.5) is 5.69 Å². The number of aryl methyl sites for hydroxylation is 2. The van der Waals surface area contributed by atoms with Gasteiger partial charge in [0.25, 0.3) is 5.91 Å². The van der Waals surface area contributed by atoms with Crippen molar-refractivity contribution in [3.05, 3.63) is 46.8 Å². The summed E-state index contributed by atoms with van der Waals surface area (Å²) in [4.78, 5) is 11.9. The van der Waals surface area contributed by atoms with E-state index in [1.54, 1.807) is 25.1 Å². The number of carbonyl (C=O) groups is 1. The van der Waals surface area contributed by atoms with Crippen molar-refractivity contribution in [2.24, 2.45) is 0 Å². The molecule has 1 heterocycles. The zero-order valence-corrected chi connectivity index (χ0v) is 11.2. The first-order valence-corrected chi connectivity index (χ1v) is 6.05. The predicted molar refractivity (Wildman–Crippen MR) is 74.3 cm³/mol. The number of nitrogens with one attached hydrogen (secondary N) is 1. The third-order valence-corrected chi connectivity index (χ3v) is 2.65. The van der Waals surface area contributed by atoms with Crippen LogP contribution in [0.3, 0.4) is 0 Å². The average molecular weight is 270 g/mol. The lowest BCUT2D eigenvalue weighted by Crippen LogP contribution is -2.12. The molecule has 1 aromatic heterocycles. The summed E-state index contributed by atoms with van der Waals surface area (Å²) in [6.45, 7) is 3.43. The Hall–Kier alpha value is -2.58. The van der Waals surface area contributed by atoms with Crippen molar-refractivity contribution < 1.29 is 14.4 Å². The number of hydrogen-bond acceptors (Lipinski definition) is 4. The van der Waals surface area contributed by atoms with E-state index in [2.05, 4.69) is 22.3 Å². The molecule has 0 unspecified atom stereocenters. The van der Waals surface area contributed by atoms with E-state index in [-0.39, 0.29) is 18.2 Å². The summed E-state index contributed by atoms with van der Waals surface area (Å²) in [6, 6.07) is 6.93. The lowest BCUT2D eigenvalue weighted by Gasteiger charge is -2.05. The highest BCUT2D eigenvalue weighted by molar-refractivity contribution is 6.02. The number of benzene rings is 1. The lowest BCUT2D eigenvalue weighted by atomic mass is 10.1. The molecule has 0 aliphatic heterocycles. The van der Waals surface area contributed by atoms with Gasteiger partial charge in [0.2, 0.25) is 0 Å². The molecule has 5 nitrogen and oxygen atoms in total. The fourth-order valence-electron chi connectivity index (χ4n) is 1.68. The molecule has 0 spiro atoms. The maximum atomic E-state index is 11.9. The molecule has 2 rings (SSSR count). The number of aromatic nitrogens is 1. The normalized spacial score (nSPS) is 9.75. The Kier molecular flexibility index (Phi) is 4.18. The third-order valence-electron chi connectivity index (χ3n) is 2.65. The summed E-state index contributed by atoms with van der Waals surface area (Å²) < 4.78 is 4.86. The maximum Gasteiger partial charge on any atom is 0.277 e.